The fourth-order valence-electron chi connectivity index (χ4n) is 7.40. The van der Waals surface area contributed by atoms with Crippen LogP contribution in [0.25, 0.3) is 0 Å². The number of hydrogen-bond acceptors (Lipinski definition) is 6. The Kier molecular flexibility index (Phi) is 41.8. The van der Waals surface area contributed by atoms with Crippen LogP contribution in [-0.2, 0) is 28.3 Å². The van der Waals surface area contributed by atoms with E-state index in [-0.39, 0.29) is 44.6 Å². The third-order valence-electron chi connectivity index (χ3n) is 13.1. The van der Waals surface area contributed by atoms with Gasteiger partial charge in [-0.25, -0.2) is 0 Å². The number of ether oxygens (including phenoxy) is 4. The molecule has 5 aliphatic rings. The largest absolute Gasteiger partial charge is 1.00 e. The summed E-state index contributed by atoms with van der Waals surface area (Å²) in [6.07, 6.45) is 12.5. The van der Waals surface area contributed by atoms with Gasteiger partial charge in [-0.05, 0) is 122 Å². The molecule has 0 saturated carbocycles. The molecule has 5 aromatic carbocycles. The number of hydrogen-bond donors (Lipinski definition) is 0. The Labute approximate surface area is 517 Å². The number of benzene rings is 5. The van der Waals surface area contributed by atoms with E-state index in [0.29, 0.717) is 0 Å². The van der Waals surface area contributed by atoms with Crippen molar-refractivity contribution in [3.8, 4) is 0 Å². The standard InChI is InChI=1S/C20H27BO2Si.C14H15BrSi.C6H5Br.4C4H8O.C4H9.C2H6Cl2Si.CH4.Li/c1-19(2)20(3,4)23-21(22-19)16-12-14-18(15-13-16)24(5,6)17-10-8-7-9-11-17;1-16(2,13-6-4-3-5-7-13)14-10-8-12(15)9-11-14;7-6-4-2-1-3-5-6;4*1-2-4-5-3-1;1-3-4-2;1-5(2,3)4;;/h7-15H,1-6H3;3-11H,1-2H3;1-5H;4*1-4H2;1,3-4H2,2H3;1-2H3;1H4;/q;;;;;;;-1;;;+1. The maximum atomic E-state index is 6.15. The predicted octanol–water partition coefficient (Wildman–Crippen LogP) is 13.1. The van der Waals surface area contributed by atoms with Crippen LogP contribution in [0.5, 0.6) is 0 Å². The molecule has 0 amide bonds. The number of rotatable bonds is 6. The molecular weight excluding hydrogens is 1190 g/mol. The SMILES string of the molecule is Brc1ccccc1.C.C1CCOC1.C1CCOC1.C1CCOC1.C1CCOC1.CC1(C)OB(c2ccc([Si](C)(C)c3ccccc3)cc2)OC1(C)C.C[Si](C)(Cl)Cl.C[Si](C)(c1ccccc1)c1ccc(Br)cc1.[CH2-]CCC.[Li+]. The molecule has 78 heavy (non-hydrogen) atoms. The van der Waals surface area contributed by atoms with Crippen LogP contribution in [-0.4, -0.2) is 94.0 Å². The molecule has 0 bridgehead atoms. The molecular formula is C63H98BBr2Cl2LiO6Si3. The first-order valence-corrected chi connectivity index (χ1v) is 40.2. The Bertz CT molecular complexity index is 2090. The van der Waals surface area contributed by atoms with E-state index >= 15 is 0 Å². The zero-order valence-electron chi connectivity index (χ0n) is 49.3. The van der Waals surface area contributed by atoms with Gasteiger partial charge in [-0.1, -0.05) is 215 Å². The summed E-state index contributed by atoms with van der Waals surface area (Å²) < 4.78 is 34.4. The van der Waals surface area contributed by atoms with Gasteiger partial charge in [-0.3, -0.25) is 0 Å². The maximum absolute atomic E-state index is 6.15. The van der Waals surface area contributed by atoms with Crippen LogP contribution in [0.15, 0.2) is 148 Å². The molecule has 10 rings (SSSR count). The molecule has 0 aliphatic carbocycles. The van der Waals surface area contributed by atoms with E-state index in [1.807, 2.05) is 43.4 Å². The van der Waals surface area contributed by atoms with Crippen molar-refractivity contribution in [1.29, 1.82) is 0 Å². The first kappa shape index (κ1) is 76.7. The maximum Gasteiger partial charge on any atom is 1.00 e. The fourth-order valence-corrected chi connectivity index (χ4v) is 12.7. The van der Waals surface area contributed by atoms with Crippen LogP contribution in [0.4, 0.5) is 0 Å². The average Bonchev–Trinajstić information content (AvgIpc) is 4.28. The second-order valence-corrected chi connectivity index (χ2v) is 41.0. The van der Waals surface area contributed by atoms with Crippen molar-refractivity contribution in [2.45, 2.75) is 157 Å². The molecule has 0 unspecified atom stereocenters. The zero-order chi connectivity index (χ0) is 56.4. The molecule has 5 heterocycles. The molecule has 0 spiro atoms. The summed E-state index contributed by atoms with van der Waals surface area (Å²) >= 11 is 17.7. The minimum atomic E-state index is -1.67. The first-order valence-electron chi connectivity index (χ1n) is 27.6. The van der Waals surface area contributed by atoms with Gasteiger partial charge in [0.05, 0.1) is 11.2 Å². The Morgan fingerprint density at radius 1 is 0.449 bits per heavy atom. The minimum Gasteiger partial charge on any atom is -0.399 e. The summed E-state index contributed by atoms with van der Waals surface area (Å²) in [4.78, 5) is 0. The van der Waals surface area contributed by atoms with Crippen molar-refractivity contribution >= 4 is 110 Å². The van der Waals surface area contributed by atoms with Crippen LogP contribution in [0.2, 0.25) is 39.3 Å². The van der Waals surface area contributed by atoms with Gasteiger partial charge in [0.25, 0.3) is 0 Å². The summed E-state index contributed by atoms with van der Waals surface area (Å²) in [7, 11) is -3.44. The van der Waals surface area contributed by atoms with E-state index in [0.717, 1.165) is 73.7 Å². The average molecular weight is 1280 g/mol. The van der Waals surface area contributed by atoms with Crippen molar-refractivity contribution in [2.75, 3.05) is 52.9 Å². The first-order chi connectivity index (χ1) is 36.0. The second-order valence-electron chi connectivity index (χ2n) is 21.5. The van der Waals surface area contributed by atoms with Gasteiger partial charge < -0.3 is 35.2 Å². The van der Waals surface area contributed by atoms with Gasteiger partial charge in [0.1, 0.15) is 16.1 Å². The third-order valence-corrected chi connectivity index (χ3v) is 21.3. The van der Waals surface area contributed by atoms with Crippen LogP contribution in [0.3, 0.4) is 0 Å². The van der Waals surface area contributed by atoms with E-state index in [1.54, 1.807) is 0 Å². The second kappa shape index (κ2) is 42.5. The van der Waals surface area contributed by atoms with Gasteiger partial charge in [0.2, 0.25) is 6.69 Å². The summed E-state index contributed by atoms with van der Waals surface area (Å²) in [5, 5.41) is 5.83. The van der Waals surface area contributed by atoms with Crippen molar-refractivity contribution < 1.29 is 47.1 Å². The van der Waals surface area contributed by atoms with Gasteiger partial charge in [0, 0.05) is 61.8 Å². The van der Waals surface area contributed by atoms with Crippen LogP contribution in [0, 0.1) is 6.92 Å². The number of unbranched alkanes of at least 4 members (excludes halogenated alkanes) is 1. The molecule has 6 nitrogen and oxygen atoms in total. The molecule has 430 valence electrons. The molecule has 5 aromatic rings. The van der Waals surface area contributed by atoms with Gasteiger partial charge in [0.15, 0.2) is 0 Å². The topological polar surface area (TPSA) is 55.4 Å². The summed E-state index contributed by atoms with van der Waals surface area (Å²) in [6.45, 7) is 33.7. The summed E-state index contributed by atoms with van der Waals surface area (Å²) in [5.41, 5.74) is 0.498. The third kappa shape index (κ3) is 33.1. The summed E-state index contributed by atoms with van der Waals surface area (Å²) in [6, 6.07) is 49.2. The molecule has 0 radical (unpaired) electrons. The van der Waals surface area contributed by atoms with Crippen LogP contribution in [0.1, 0.15) is 106 Å². The van der Waals surface area contributed by atoms with Gasteiger partial charge in [-0.2, -0.15) is 6.42 Å². The van der Waals surface area contributed by atoms with Gasteiger partial charge in [-0.15, -0.1) is 22.2 Å². The molecule has 0 atom stereocenters. The van der Waals surface area contributed by atoms with E-state index in [9.17, 15) is 0 Å². The zero-order valence-corrected chi connectivity index (χ0v) is 56.9. The quantitative estimate of drug-likeness (QED) is 0.0959. The van der Waals surface area contributed by atoms with Crippen molar-refractivity contribution in [1.82, 2.24) is 0 Å². The van der Waals surface area contributed by atoms with E-state index < -0.39 is 22.8 Å². The Balaban J connectivity index is 0.000000942. The Morgan fingerprint density at radius 3 is 0.897 bits per heavy atom. The Morgan fingerprint density at radius 2 is 0.679 bits per heavy atom. The monoisotopic (exact) mass is 1280 g/mol. The number of halogens is 4. The van der Waals surface area contributed by atoms with Crippen molar-refractivity contribution in [2.24, 2.45) is 0 Å². The smallest absolute Gasteiger partial charge is 0.399 e. The minimum absolute atomic E-state index is 0. The Hall–Kier alpha value is -1.29. The molecule has 0 aromatic heterocycles. The van der Waals surface area contributed by atoms with Crippen LogP contribution < -0.4 is 45.1 Å². The summed E-state index contributed by atoms with van der Waals surface area (Å²) in [5.74, 6) is 0. The normalized spacial score (nSPS) is 16.4. The predicted molar refractivity (Wildman–Crippen MR) is 353 cm³/mol. The van der Waals surface area contributed by atoms with E-state index in [4.69, 9.17) is 50.4 Å². The van der Waals surface area contributed by atoms with Crippen molar-refractivity contribution in [3.63, 3.8) is 0 Å². The van der Waals surface area contributed by atoms with E-state index in [1.165, 1.54) is 78.5 Å². The van der Waals surface area contributed by atoms with E-state index in [2.05, 4.69) is 209 Å². The van der Waals surface area contributed by atoms with Crippen LogP contribution >= 0.6 is 54.0 Å². The molecule has 0 N–H and O–H groups in total. The van der Waals surface area contributed by atoms with Gasteiger partial charge >= 0.3 is 26.0 Å². The molecule has 5 saturated heterocycles. The molecule has 5 fully saturated rings. The molecule has 15 heteroatoms. The fraction of sp³-hybridized carbons (Fsp3) is 0.508. The van der Waals surface area contributed by atoms with Crippen molar-refractivity contribution in [3.05, 3.63) is 155 Å². The molecule has 5 aliphatic heterocycles.